The molecule has 0 spiro atoms. The van der Waals surface area contributed by atoms with Gasteiger partial charge in [0.25, 0.3) is 0 Å². The van der Waals surface area contributed by atoms with Gasteiger partial charge in [0, 0.05) is 11.3 Å². The molecule has 1 heterocycles. The molecule has 0 atom stereocenters. The zero-order valence-electron chi connectivity index (χ0n) is 11.3. The van der Waals surface area contributed by atoms with Crippen LogP contribution in [0.2, 0.25) is 0 Å². The lowest BCUT2D eigenvalue weighted by Crippen LogP contribution is -2.12. The van der Waals surface area contributed by atoms with Crippen molar-refractivity contribution in [3.8, 4) is 11.3 Å². The van der Waals surface area contributed by atoms with Crippen LogP contribution in [0.1, 0.15) is 25.1 Å². The second-order valence-electron chi connectivity index (χ2n) is 4.48. The quantitative estimate of drug-likeness (QED) is 0.897. The summed E-state index contributed by atoms with van der Waals surface area (Å²) in [6, 6.07) is 10.2. The summed E-state index contributed by atoms with van der Waals surface area (Å²) < 4.78 is 1.57. The molecule has 2 rings (SSSR count). The van der Waals surface area contributed by atoms with Gasteiger partial charge in [0.2, 0.25) is 0 Å². The number of aliphatic carboxylic acids is 1. The smallest absolute Gasteiger partial charge is 0.325 e. The maximum atomic E-state index is 10.8. The second kappa shape index (κ2) is 5.69. The van der Waals surface area contributed by atoms with E-state index in [1.807, 2.05) is 25.1 Å². The monoisotopic (exact) mass is 258 g/mol. The summed E-state index contributed by atoms with van der Waals surface area (Å²) in [5.41, 5.74) is 4.08. The van der Waals surface area contributed by atoms with Gasteiger partial charge in [0.05, 0.1) is 5.69 Å². The first-order chi connectivity index (χ1) is 9.13. The molecule has 4 heteroatoms. The fourth-order valence-electron chi connectivity index (χ4n) is 2.10. The minimum absolute atomic E-state index is 0.0867. The number of aryl methyl sites for hydroxylation is 2. The Balaban J connectivity index is 2.39. The molecule has 0 unspecified atom stereocenters. The SMILES string of the molecule is CCc1cccc(-c2cc(CC)n(CC(=O)O)n2)c1. The molecule has 0 aliphatic carbocycles. The third-order valence-electron chi connectivity index (χ3n) is 3.14. The number of hydrogen-bond acceptors (Lipinski definition) is 2. The molecule has 1 aromatic heterocycles. The van der Waals surface area contributed by atoms with Crippen molar-refractivity contribution in [2.75, 3.05) is 0 Å². The van der Waals surface area contributed by atoms with E-state index in [9.17, 15) is 4.79 Å². The highest BCUT2D eigenvalue weighted by Crippen LogP contribution is 2.21. The number of aromatic nitrogens is 2. The zero-order valence-corrected chi connectivity index (χ0v) is 11.3. The number of rotatable bonds is 5. The molecule has 1 N–H and O–H groups in total. The maximum absolute atomic E-state index is 10.8. The van der Waals surface area contributed by atoms with Gasteiger partial charge in [-0.1, -0.05) is 32.0 Å². The molecule has 0 saturated carbocycles. The van der Waals surface area contributed by atoms with Crippen molar-refractivity contribution in [3.05, 3.63) is 41.6 Å². The number of carbonyl (C=O) groups is 1. The molecular weight excluding hydrogens is 240 g/mol. The van der Waals surface area contributed by atoms with Gasteiger partial charge in [-0.3, -0.25) is 9.48 Å². The zero-order chi connectivity index (χ0) is 13.8. The van der Waals surface area contributed by atoms with Gasteiger partial charge in [0.15, 0.2) is 0 Å². The molecule has 2 aromatic rings. The Kier molecular flexibility index (Phi) is 4.00. The van der Waals surface area contributed by atoms with E-state index in [-0.39, 0.29) is 6.54 Å². The van der Waals surface area contributed by atoms with Gasteiger partial charge in [0.1, 0.15) is 6.54 Å². The lowest BCUT2D eigenvalue weighted by molar-refractivity contribution is -0.137. The normalized spacial score (nSPS) is 10.6. The van der Waals surface area contributed by atoms with Crippen LogP contribution in [-0.4, -0.2) is 20.9 Å². The van der Waals surface area contributed by atoms with Crippen LogP contribution < -0.4 is 0 Å². The molecule has 0 saturated heterocycles. The minimum Gasteiger partial charge on any atom is -0.480 e. The molecule has 0 radical (unpaired) electrons. The first-order valence-electron chi connectivity index (χ1n) is 6.51. The maximum Gasteiger partial charge on any atom is 0.325 e. The van der Waals surface area contributed by atoms with Crippen LogP contribution in [0, 0.1) is 0 Å². The predicted octanol–water partition coefficient (Wildman–Crippen LogP) is 2.76. The van der Waals surface area contributed by atoms with E-state index in [2.05, 4.69) is 24.2 Å². The van der Waals surface area contributed by atoms with Crippen molar-refractivity contribution in [2.24, 2.45) is 0 Å². The minimum atomic E-state index is -0.869. The Morgan fingerprint density at radius 3 is 2.68 bits per heavy atom. The molecule has 19 heavy (non-hydrogen) atoms. The number of carboxylic acids is 1. The predicted molar refractivity (Wildman–Crippen MR) is 74.1 cm³/mol. The average Bonchev–Trinajstić information content (AvgIpc) is 2.81. The van der Waals surface area contributed by atoms with Crippen LogP contribution in [0.5, 0.6) is 0 Å². The van der Waals surface area contributed by atoms with Gasteiger partial charge in [-0.15, -0.1) is 0 Å². The average molecular weight is 258 g/mol. The van der Waals surface area contributed by atoms with E-state index in [4.69, 9.17) is 5.11 Å². The Morgan fingerprint density at radius 2 is 2.05 bits per heavy atom. The van der Waals surface area contributed by atoms with Gasteiger partial charge in [-0.25, -0.2) is 0 Å². The molecule has 0 fully saturated rings. The fourth-order valence-corrected chi connectivity index (χ4v) is 2.10. The Bertz CT molecular complexity index is 588. The van der Waals surface area contributed by atoms with Gasteiger partial charge >= 0.3 is 5.97 Å². The molecule has 0 aliphatic rings. The van der Waals surface area contributed by atoms with Crippen molar-refractivity contribution < 1.29 is 9.90 Å². The molecule has 0 amide bonds. The van der Waals surface area contributed by atoms with Crippen LogP contribution in [0.3, 0.4) is 0 Å². The summed E-state index contributed by atoms with van der Waals surface area (Å²) >= 11 is 0. The summed E-state index contributed by atoms with van der Waals surface area (Å²) in [6.45, 7) is 4.03. The summed E-state index contributed by atoms with van der Waals surface area (Å²) in [7, 11) is 0. The summed E-state index contributed by atoms with van der Waals surface area (Å²) in [6.07, 6.45) is 1.75. The van der Waals surface area contributed by atoms with Crippen LogP contribution in [-0.2, 0) is 24.2 Å². The lowest BCUT2D eigenvalue weighted by Gasteiger charge is -2.01. The van der Waals surface area contributed by atoms with Crippen LogP contribution in [0.15, 0.2) is 30.3 Å². The Morgan fingerprint density at radius 1 is 1.26 bits per heavy atom. The summed E-state index contributed by atoms with van der Waals surface area (Å²) in [4.78, 5) is 10.8. The Labute approximate surface area is 112 Å². The van der Waals surface area contributed by atoms with Crippen molar-refractivity contribution in [1.29, 1.82) is 0 Å². The third-order valence-corrected chi connectivity index (χ3v) is 3.14. The van der Waals surface area contributed by atoms with Crippen LogP contribution in [0.4, 0.5) is 0 Å². The van der Waals surface area contributed by atoms with E-state index in [0.717, 1.165) is 29.8 Å². The fraction of sp³-hybridized carbons (Fsp3) is 0.333. The standard InChI is InChI=1S/C15H18N2O2/c1-3-11-6-5-7-12(8-11)14-9-13(4-2)17(16-14)10-15(18)19/h5-9H,3-4,10H2,1-2H3,(H,18,19). The summed E-state index contributed by atoms with van der Waals surface area (Å²) in [5.74, 6) is -0.869. The van der Waals surface area contributed by atoms with Crippen LogP contribution >= 0.6 is 0 Å². The van der Waals surface area contributed by atoms with Crippen LogP contribution in [0.25, 0.3) is 11.3 Å². The van der Waals surface area contributed by atoms with Gasteiger partial charge in [-0.05, 0) is 30.5 Å². The highest BCUT2D eigenvalue weighted by atomic mass is 16.4. The highest BCUT2D eigenvalue weighted by Gasteiger charge is 2.10. The van der Waals surface area contributed by atoms with E-state index < -0.39 is 5.97 Å². The van der Waals surface area contributed by atoms with E-state index in [1.54, 1.807) is 4.68 Å². The Hall–Kier alpha value is -2.10. The van der Waals surface area contributed by atoms with Crippen molar-refractivity contribution in [1.82, 2.24) is 9.78 Å². The number of benzene rings is 1. The molecule has 0 bridgehead atoms. The van der Waals surface area contributed by atoms with Crippen molar-refractivity contribution >= 4 is 5.97 Å². The van der Waals surface area contributed by atoms with Gasteiger partial charge in [-0.2, -0.15) is 5.10 Å². The van der Waals surface area contributed by atoms with E-state index in [1.165, 1.54) is 5.56 Å². The third kappa shape index (κ3) is 3.02. The molecule has 4 nitrogen and oxygen atoms in total. The van der Waals surface area contributed by atoms with E-state index >= 15 is 0 Å². The van der Waals surface area contributed by atoms with Crippen molar-refractivity contribution in [3.63, 3.8) is 0 Å². The number of hydrogen-bond donors (Lipinski definition) is 1. The van der Waals surface area contributed by atoms with Crippen molar-refractivity contribution in [2.45, 2.75) is 33.2 Å². The number of nitrogens with zero attached hydrogens (tertiary/aromatic N) is 2. The first-order valence-corrected chi connectivity index (χ1v) is 6.51. The highest BCUT2D eigenvalue weighted by molar-refractivity contribution is 5.67. The first kappa shape index (κ1) is 13.3. The molecule has 100 valence electrons. The topological polar surface area (TPSA) is 55.1 Å². The molecular formula is C15H18N2O2. The van der Waals surface area contributed by atoms with E-state index in [0.29, 0.717) is 0 Å². The largest absolute Gasteiger partial charge is 0.480 e. The number of carboxylic acid groups (broad SMARTS) is 1. The molecule has 1 aromatic carbocycles. The second-order valence-corrected chi connectivity index (χ2v) is 4.48. The lowest BCUT2D eigenvalue weighted by atomic mass is 10.1. The van der Waals surface area contributed by atoms with Gasteiger partial charge < -0.3 is 5.11 Å². The summed E-state index contributed by atoms with van der Waals surface area (Å²) in [5, 5.41) is 13.3. The molecule has 0 aliphatic heterocycles.